The summed E-state index contributed by atoms with van der Waals surface area (Å²) in [6, 6.07) is 11.8. The minimum Gasteiger partial charge on any atom is -0.322 e. The summed E-state index contributed by atoms with van der Waals surface area (Å²) in [6.07, 6.45) is 8.36. The first-order valence-corrected chi connectivity index (χ1v) is 12.2. The van der Waals surface area contributed by atoms with E-state index in [0.717, 1.165) is 45.9 Å². The second kappa shape index (κ2) is 8.43. The van der Waals surface area contributed by atoms with Gasteiger partial charge in [0.15, 0.2) is 0 Å². The zero-order valence-corrected chi connectivity index (χ0v) is 19.5. The van der Waals surface area contributed by atoms with Crippen LogP contribution in [0.5, 0.6) is 0 Å². The first kappa shape index (κ1) is 21.3. The van der Waals surface area contributed by atoms with Crippen LogP contribution in [0, 0.1) is 24.7 Å². The third-order valence-corrected chi connectivity index (χ3v) is 8.49. The van der Waals surface area contributed by atoms with E-state index < -0.39 is 0 Å². The van der Waals surface area contributed by atoms with Crippen molar-refractivity contribution < 1.29 is 14.0 Å². The van der Waals surface area contributed by atoms with Gasteiger partial charge >= 0.3 is 0 Å². The quantitative estimate of drug-likeness (QED) is 0.289. The summed E-state index contributed by atoms with van der Waals surface area (Å²) in [5.41, 5.74) is 4.18. The van der Waals surface area contributed by atoms with Crippen molar-refractivity contribution in [1.82, 2.24) is 0 Å². The number of rotatable bonds is 6. The molecule has 164 valence electrons. The van der Waals surface area contributed by atoms with Crippen molar-refractivity contribution in [2.45, 2.75) is 55.8 Å². The van der Waals surface area contributed by atoms with Crippen LogP contribution in [0.4, 0.5) is 5.69 Å². The van der Waals surface area contributed by atoms with Crippen LogP contribution < -0.4 is 5.32 Å². The van der Waals surface area contributed by atoms with Crippen molar-refractivity contribution in [3.8, 4) is 0 Å². The first-order chi connectivity index (χ1) is 15.0. The Balaban J connectivity index is 1.35. The molecule has 4 fully saturated rings. The van der Waals surface area contributed by atoms with Crippen molar-refractivity contribution >= 4 is 35.2 Å². The number of hydrogen-bond acceptors (Lipinski definition) is 4. The second-order valence-electron chi connectivity index (χ2n) is 9.64. The van der Waals surface area contributed by atoms with E-state index in [1.54, 1.807) is 18.2 Å². The zero-order chi connectivity index (χ0) is 21.6. The summed E-state index contributed by atoms with van der Waals surface area (Å²) < 4.78 is 4.89. The molecular weight excluding hydrogens is 430 g/mol. The van der Waals surface area contributed by atoms with E-state index in [2.05, 4.69) is 35.3 Å². The highest BCUT2D eigenvalue weighted by molar-refractivity contribution is 7.94. The van der Waals surface area contributed by atoms with Crippen molar-refractivity contribution in [3.05, 3.63) is 58.1 Å². The van der Waals surface area contributed by atoms with E-state index in [4.69, 9.17) is 15.9 Å². The molecule has 0 unspecified atom stereocenters. The summed E-state index contributed by atoms with van der Waals surface area (Å²) in [5, 5.41) is 3.45. The van der Waals surface area contributed by atoms with Crippen molar-refractivity contribution in [2.75, 3.05) is 12.4 Å². The van der Waals surface area contributed by atoms with Crippen LogP contribution >= 0.6 is 23.6 Å². The Hall–Kier alpha value is -1.53. The average Bonchev–Trinajstić information content (AvgIpc) is 2.73. The van der Waals surface area contributed by atoms with Gasteiger partial charge in [-0.15, -0.1) is 0 Å². The number of amides is 1. The van der Waals surface area contributed by atoms with Gasteiger partial charge in [-0.1, -0.05) is 23.7 Å². The highest BCUT2D eigenvalue weighted by Crippen LogP contribution is 2.60. The molecule has 2 aromatic rings. The molecule has 0 heterocycles. The van der Waals surface area contributed by atoms with Gasteiger partial charge in [-0.05, 0) is 104 Å². The van der Waals surface area contributed by atoms with E-state index in [1.807, 2.05) is 0 Å². The lowest BCUT2D eigenvalue weighted by atomic mass is 9.48. The van der Waals surface area contributed by atoms with E-state index >= 15 is 0 Å². The van der Waals surface area contributed by atoms with Crippen molar-refractivity contribution in [1.29, 1.82) is 0 Å². The van der Waals surface area contributed by atoms with Crippen LogP contribution in [0.2, 0.25) is 5.02 Å². The number of aryl methyl sites for hydroxylation is 1. The molecule has 4 saturated carbocycles. The van der Waals surface area contributed by atoms with Gasteiger partial charge in [-0.2, -0.15) is 4.33 Å². The monoisotopic (exact) mass is 457 g/mol. The second-order valence-corrected chi connectivity index (χ2v) is 10.8. The molecular formula is C25H28ClNO3S. The molecule has 0 atom stereocenters. The Morgan fingerprint density at radius 3 is 2.35 bits per heavy atom. The summed E-state index contributed by atoms with van der Waals surface area (Å²) in [7, 11) is 1.44. The maximum absolute atomic E-state index is 12.9. The summed E-state index contributed by atoms with van der Waals surface area (Å²) in [6.45, 7) is 2.08. The van der Waals surface area contributed by atoms with E-state index in [1.165, 1.54) is 51.2 Å². The molecule has 1 N–H and O–H groups in total. The third kappa shape index (κ3) is 4.13. The van der Waals surface area contributed by atoms with Crippen molar-refractivity contribution in [2.24, 2.45) is 17.8 Å². The molecule has 0 radical (unpaired) electrons. The molecule has 31 heavy (non-hydrogen) atoms. The highest BCUT2D eigenvalue weighted by atomic mass is 35.5. The van der Waals surface area contributed by atoms with Crippen LogP contribution in [0.25, 0.3) is 0 Å². The van der Waals surface area contributed by atoms with Gasteiger partial charge in [0, 0.05) is 10.6 Å². The number of hydrogen-bond donors (Lipinski definition) is 1. The molecule has 4 aliphatic carbocycles. The average molecular weight is 458 g/mol. The molecule has 6 rings (SSSR count). The summed E-state index contributed by atoms with van der Waals surface area (Å²) >= 11 is 7.33. The number of halogens is 1. The molecule has 0 aromatic heterocycles. The van der Waals surface area contributed by atoms with E-state index in [0.29, 0.717) is 16.0 Å². The Bertz CT molecular complexity index is 973. The lowest BCUT2D eigenvalue weighted by Gasteiger charge is -2.57. The topological polar surface area (TPSA) is 47.6 Å². The smallest absolute Gasteiger partial charge is 0.257 e. The fourth-order valence-corrected chi connectivity index (χ4v) is 7.23. The largest absolute Gasteiger partial charge is 0.322 e. The molecule has 4 nitrogen and oxygen atoms in total. The minimum absolute atomic E-state index is 0.226. The number of carbonyl (C=O) groups is 1. The number of anilines is 1. The van der Waals surface area contributed by atoms with Gasteiger partial charge in [-0.25, -0.2) is 4.89 Å². The maximum atomic E-state index is 12.9. The Morgan fingerprint density at radius 1 is 1.06 bits per heavy atom. The van der Waals surface area contributed by atoms with Gasteiger partial charge in [0.25, 0.3) is 5.91 Å². The van der Waals surface area contributed by atoms with Crippen LogP contribution in [0.3, 0.4) is 0 Å². The SMILES string of the molecule is COOSc1ccc(Cl)c(C(=O)Nc2ccc(C34CC5CC(CC(C5)C3)C4)cc2C)c1. The van der Waals surface area contributed by atoms with Gasteiger partial charge < -0.3 is 5.32 Å². The van der Waals surface area contributed by atoms with Crippen molar-refractivity contribution in [3.63, 3.8) is 0 Å². The fraction of sp³-hybridized carbons (Fsp3) is 0.480. The molecule has 1 amide bonds. The van der Waals surface area contributed by atoms with Crippen LogP contribution in [-0.4, -0.2) is 13.0 Å². The maximum Gasteiger partial charge on any atom is 0.257 e. The number of benzene rings is 2. The van der Waals surface area contributed by atoms with E-state index in [-0.39, 0.29) is 5.91 Å². The molecule has 0 aliphatic heterocycles. The molecule has 0 saturated heterocycles. The lowest BCUT2D eigenvalue weighted by molar-refractivity contribution is -0.160. The summed E-state index contributed by atoms with van der Waals surface area (Å²) in [5.74, 6) is 2.52. The molecule has 0 spiro atoms. The highest BCUT2D eigenvalue weighted by Gasteiger charge is 2.51. The molecule has 4 bridgehead atoms. The zero-order valence-electron chi connectivity index (χ0n) is 17.9. The Labute approximate surface area is 193 Å². The third-order valence-electron chi connectivity index (χ3n) is 7.51. The van der Waals surface area contributed by atoms with Gasteiger partial charge in [0.2, 0.25) is 0 Å². The normalized spacial score (nSPS) is 28.7. The van der Waals surface area contributed by atoms with Crippen LogP contribution in [-0.2, 0) is 14.6 Å². The first-order valence-electron chi connectivity index (χ1n) is 11.0. The number of nitrogens with one attached hydrogen (secondary N) is 1. The minimum atomic E-state index is -0.226. The molecule has 2 aromatic carbocycles. The predicted molar refractivity (Wildman–Crippen MR) is 124 cm³/mol. The Kier molecular flexibility index (Phi) is 5.80. The lowest BCUT2D eigenvalue weighted by Crippen LogP contribution is -2.48. The Morgan fingerprint density at radius 2 is 1.74 bits per heavy atom. The fourth-order valence-electron chi connectivity index (χ4n) is 6.59. The number of carbonyl (C=O) groups excluding carboxylic acids is 1. The molecule has 4 aliphatic rings. The standard InChI is InChI=1S/C25H28ClNO3S/c1-15-7-19(25-12-16-8-17(13-25)10-18(9-16)14-25)3-6-23(15)27-24(28)21-11-20(31-30-29-2)4-5-22(21)26/h3-7,11,16-18H,8-10,12-14H2,1-2H3,(H,27,28). The van der Waals surface area contributed by atoms with Crippen LogP contribution in [0.1, 0.15) is 60.0 Å². The van der Waals surface area contributed by atoms with E-state index in [9.17, 15) is 4.79 Å². The van der Waals surface area contributed by atoms with Gasteiger partial charge in [-0.3, -0.25) is 4.79 Å². The van der Waals surface area contributed by atoms with Gasteiger partial charge in [0.05, 0.1) is 29.7 Å². The van der Waals surface area contributed by atoms with Crippen LogP contribution in [0.15, 0.2) is 41.3 Å². The summed E-state index contributed by atoms with van der Waals surface area (Å²) in [4.78, 5) is 18.3. The van der Waals surface area contributed by atoms with Gasteiger partial charge in [0.1, 0.15) is 0 Å². The molecule has 6 heteroatoms. The predicted octanol–water partition coefficient (Wildman–Crippen LogP) is 6.95.